The summed E-state index contributed by atoms with van der Waals surface area (Å²) in [6.45, 7) is 0. The molecule has 1 heterocycles. The van der Waals surface area contributed by atoms with Gasteiger partial charge in [0.05, 0.1) is 3.57 Å². The fourth-order valence-electron chi connectivity index (χ4n) is 1.86. The molecule has 1 aliphatic rings. The van der Waals surface area contributed by atoms with E-state index in [2.05, 4.69) is 27.6 Å². The van der Waals surface area contributed by atoms with Gasteiger partial charge < -0.3 is 5.73 Å². The summed E-state index contributed by atoms with van der Waals surface area (Å²) in [6, 6.07) is 0. The van der Waals surface area contributed by atoms with Gasteiger partial charge in [0.2, 0.25) is 0 Å². The Labute approximate surface area is 92.1 Å². The summed E-state index contributed by atoms with van der Waals surface area (Å²) >= 11 is 2.32. The topological polar surface area (TPSA) is 38.9 Å². The number of hydrogen-bond acceptors (Lipinski definition) is 2. The Kier molecular flexibility index (Phi) is 2.71. The van der Waals surface area contributed by atoms with Gasteiger partial charge in [0.25, 0.3) is 0 Å². The Morgan fingerprint density at radius 1 is 1.23 bits per heavy atom. The normalized spacial score (nSPS) is 16.4. The van der Waals surface area contributed by atoms with E-state index in [0.717, 1.165) is 0 Å². The van der Waals surface area contributed by atoms with E-state index in [1.165, 1.54) is 46.8 Å². The van der Waals surface area contributed by atoms with Crippen LogP contribution in [0.25, 0.3) is 0 Å². The zero-order valence-corrected chi connectivity index (χ0v) is 9.67. The summed E-state index contributed by atoms with van der Waals surface area (Å²) in [5.74, 6) is 0.696. The van der Waals surface area contributed by atoms with Crippen LogP contribution < -0.4 is 5.73 Å². The van der Waals surface area contributed by atoms with Crippen molar-refractivity contribution < 1.29 is 0 Å². The van der Waals surface area contributed by atoms with E-state index in [0.29, 0.717) is 5.82 Å². The van der Waals surface area contributed by atoms with E-state index < -0.39 is 0 Å². The van der Waals surface area contributed by atoms with Gasteiger partial charge in [0.15, 0.2) is 0 Å². The molecular weight excluding hydrogens is 275 g/mol. The number of nitrogens with zero attached hydrogens (tertiary/aromatic N) is 1. The molecule has 0 aliphatic heterocycles. The smallest absolute Gasteiger partial charge is 0.137 e. The number of fused-ring (bicyclic) bond motifs is 1. The first kappa shape index (κ1) is 9.24. The first-order valence-corrected chi connectivity index (χ1v) is 5.78. The maximum absolute atomic E-state index is 5.78. The molecule has 0 amide bonds. The first-order chi connectivity index (χ1) is 6.29. The number of aromatic nitrogens is 1. The highest BCUT2D eigenvalue weighted by Gasteiger charge is 2.13. The van der Waals surface area contributed by atoms with Crippen molar-refractivity contribution in [3.8, 4) is 0 Å². The molecule has 0 saturated heterocycles. The molecule has 13 heavy (non-hydrogen) atoms. The number of nitrogen functional groups attached to an aromatic ring is 1. The number of aryl methyl sites for hydroxylation is 1. The lowest BCUT2D eigenvalue weighted by molar-refractivity contribution is 0.711. The fourth-order valence-corrected chi connectivity index (χ4v) is 2.61. The molecule has 0 fully saturated rings. The van der Waals surface area contributed by atoms with Crippen LogP contribution in [0, 0.1) is 3.57 Å². The van der Waals surface area contributed by atoms with Crippen molar-refractivity contribution in [1.29, 1.82) is 0 Å². The monoisotopic (exact) mass is 288 g/mol. The Morgan fingerprint density at radius 2 is 2.00 bits per heavy atom. The molecule has 0 radical (unpaired) electrons. The number of pyridine rings is 1. The first-order valence-electron chi connectivity index (χ1n) is 4.71. The second-order valence-electron chi connectivity index (χ2n) is 3.52. The second-order valence-corrected chi connectivity index (χ2v) is 4.60. The molecule has 70 valence electrons. The summed E-state index contributed by atoms with van der Waals surface area (Å²) in [7, 11) is 0. The Bertz CT molecular complexity index is 323. The zero-order chi connectivity index (χ0) is 9.26. The minimum atomic E-state index is 0.696. The third-order valence-electron chi connectivity index (χ3n) is 2.61. The van der Waals surface area contributed by atoms with E-state index in [-0.39, 0.29) is 0 Å². The fraction of sp³-hybridized carbons (Fsp3) is 0.500. The largest absolute Gasteiger partial charge is 0.383 e. The molecule has 0 bridgehead atoms. The van der Waals surface area contributed by atoms with Crippen LogP contribution in [0.3, 0.4) is 0 Å². The predicted molar refractivity (Wildman–Crippen MR) is 62.6 cm³/mol. The third-order valence-corrected chi connectivity index (χ3v) is 3.81. The van der Waals surface area contributed by atoms with Gasteiger partial charge >= 0.3 is 0 Å². The summed E-state index contributed by atoms with van der Waals surface area (Å²) in [4.78, 5) is 4.20. The van der Waals surface area contributed by atoms with Crippen molar-refractivity contribution in [2.75, 3.05) is 5.73 Å². The van der Waals surface area contributed by atoms with Crippen molar-refractivity contribution in [1.82, 2.24) is 4.98 Å². The summed E-state index contributed by atoms with van der Waals surface area (Å²) < 4.78 is 1.18. The Balaban J connectivity index is 2.48. The molecule has 0 saturated carbocycles. The van der Waals surface area contributed by atoms with Crippen LogP contribution in [0.2, 0.25) is 0 Å². The van der Waals surface area contributed by atoms with Crippen LogP contribution in [0.4, 0.5) is 5.82 Å². The Hall–Kier alpha value is -0.320. The van der Waals surface area contributed by atoms with Gasteiger partial charge in [-0.25, -0.2) is 4.98 Å². The predicted octanol–water partition coefficient (Wildman–Crippen LogP) is 2.54. The quantitative estimate of drug-likeness (QED) is 0.588. The SMILES string of the molecule is Nc1ncc2c(c1I)CCCCC2. The van der Waals surface area contributed by atoms with Crippen molar-refractivity contribution in [3.05, 3.63) is 20.9 Å². The van der Waals surface area contributed by atoms with Crippen LogP contribution in [-0.2, 0) is 12.8 Å². The molecular formula is C10H13IN2. The number of hydrogen-bond donors (Lipinski definition) is 1. The average molecular weight is 288 g/mol. The maximum Gasteiger partial charge on any atom is 0.137 e. The molecule has 0 atom stereocenters. The van der Waals surface area contributed by atoms with Crippen LogP contribution in [0.5, 0.6) is 0 Å². The van der Waals surface area contributed by atoms with E-state index in [4.69, 9.17) is 5.73 Å². The number of halogens is 1. The lowest BCUT2D eigenvalue weighted by Crippen LogP contribution is -2.02. The van der Waals surface area contributed by atoms with Gasteiger partial charge in [0, 0.05) is 6.20 Å². The zero-order valence-electron chi connectivity index (χ0n) is 7.52. The minimum Gasteiger partial charge on any atom is -0.383 e. The average Bonchev–Trinajstić information content (AvgIpc) is 2.36. The van der Waals surface area contributed by atoms with Crippen LogP contribution in [0.15, 0.2) is 6.20 Å². The van der Waals surface area contributed by atoms with Crippen molar-refractivity contribution in [2.24, 2.45) is 0 Å². The molecule has 1 aromatic rings. The molecule has 3 heteroatoms. The lowest BCUT2D eigenvalue weighted by Gasteiger charge is -2.08. The van der Waals surface area contributed by atoms with Gasteiger partial charge in [-0.05, 0) is 59.4 Å². The van der Waals surface area contributed by atoms with Crippen LogP contribution in [-0.4, -0.2) is 4.98 Å². The lowest BCUT2D eigenvalue weighted by atomic mass is 10.1. The standard InChI is InChI=1S/C10H13IN2/c11-9-8-5-3-1-2-4-7(8)6-13-10(9)12/h6H,1-5H2,(H2,12,13). The molecule has 1 aliphatic carbocycles. The van der Waals surface area contributed by atoms with Crippen molar-refractivity contribution >= 4 is 28.4 Å². The third kappa shape index (κ3) is 1.80. The van der Waals surface area contributed by atoms with Gasteiger partial charge in [-0.2, -0.15) is 0 Å². The number of nitrogens with two attached hydrogens (primary N) is 1. The van der Waals surface area contributed by atoms with Gasteiger partial charge in [0.1, 0.15) is 5.82 Å². The van der Waals surface area contributed by atoms with Gasteiger partial charge in [-0.15, -0.1) is 0 Å². The molecule has 1 aromatic heterocycles. The minimum absolute atomic E-state index is 0.696. The summed E-state index contributed by atoms with van der Waals surface area (Å²) in [5, 5.41) is 0. The van der Waals surface area contributed by atoms with Crippen molar-refractivity contribution in [3.63, 3.8) is 0 Å². The number of anilines is 1. The van der Waals surface area contributed by atoms with E-state index in [1.54, 1.807) is 0 Å². The van der Waals surface area contributed by atoms with Crippen LogP contribution in [0.1, 0.15) is 30.4 Å². The molecule has 2 rings (SSSR count). The highest BCUT2D eigenvalue weighted by atomic mass is 127. The highest BCUT2D eigenvalue weighted by Crippen LogP contribution is 2.26. The maximum atomic E-state index is 5.78. The van der Waals surface area contributed by atoms with E-state index in [1.807, 2.05) is 6.20 Å². The van der Waals surface area contributed by atoms with Crippen molar-refractivity contribution in [2.45, 2.75) is 32.1 Å². The Morgan fingerprint density at radius 3 is 2.85 bits per heavy atom. The molecule has 0 aromatic carbocycles. The molecule has 2 N–H and O–H groups in total. The van der Waals surface area contributed by atoms with E-state index >= 15 is 0 Å². The van der Waals surface area contributed by atoms with E-state index in [9.17, 15) is 0 Å². The summed E-state index contributed by atoms with van der Waals surface area (Å²) in [6.07, 6.45) is 8.25. The highest BCUT2D eigenvalue weighted by molar-refractivity contribution is 14.1. The van der Waals surface area contributed by atoms with Gasteiger partial charge in [-0.1, -0.05) is 6.42 Å². The molecule has 2 nitrogen and oxygen atoms in total. The van der Waals surface area contributed by atoms with Gasteiger partial charge in [-0.3, -0.25) is 0 Å². The number of rotatable bonds is 0. The molecule has 0 unspecified atom stereocenters. The van der Waals surface area contributed by atoms with Crippen LogP contribution >= 0.6 is 22.6 Å². The second kappa shape index (κ2) is 3.82. The summed E-state index contributed by atoms with van der Waals surface area (Å²) in [5.41, 5.74) is 8.64. The molecule has 0 spiro atoms.